The maximum atomic E-state index is 12.6. The predicted molar refractivity (Wildman–Crippen MR) is 95.0 cm³/mol. The van der Waals surface area contributed by atoms with Gasteiger partial charge in [-0.05, 0) is 37.5 Å². The summed E-state index contributed by atoms with van der Waals surface area (Å²) in [6, 6.07) is 8.39. The number of carbonyl (C=O) groups is 1. The van der Waals surface area contributed by atoms with E-state index in [4.69, 9.17) is 0 Å². The molecule has 0 radical (unpaired) electrons. The van der Waals surface area contributed by atoms with Crippen molar-refractivity contribution in [3.05, 3.63) is 47.7 Å². The molecule has 1 aliphatic heterocycles. The molecule has 0 amide bonds. The first-order valence-electron chi connectivity index (χ1n) is 8.06. The molecule has 4 rings (SSSR count). The lowest BCUT2D eigenvalue weighted by Crippen LogP contribution is -2.29. The molecule has 24 heavy (non-hydrogen) atoms. The topological polar surface area (TPSA) is 66.3 Å². The Morgan fingerprint density at radius 2 is 1.96 bits per heavy atom. The summed E-state index contributed by atoms with van der Waals surface area (Å²) in [7, 11) is 0. The van der Waals surface area contributed by atoms with Crippen LogP contribution in [0.3, 0.4) is 0 Å². The van der Waals surface area contributed by atoms with Gasteiger partial charge in [-0.15, -0.1) is 0 Å². The molecule has 1 fully saturated rings. The van der Waals surface area contributed by atoms with Crippen LogP contribution < -0.4 is 4.90 Å². The Balaban J connectivity index is 1.68. The summed E-state index contributed by atoms with van der Waals surface area (Å²) >= 11 is 1.57. The first kappa shape index (κ1) is 15.1. The van der Waals surface area contributed by atoms with E-state index in [0.29, 0.717) is 16.8 Å². The molecule has 2 aromatic heterocycles. The Hall–Kier alpha value is -2.47. The third-order valence-corrected chi connectivity index (χ3v) is 5.33. The highest BCUT2D eigenvalue weighted by Gasteiger charge is 2.18. The van der Waals surface area contributed by atoms with Crippen molar-refractivity contribution >= 4 is 32.6 Å². The van der Waals surface area contributed by atoms with Crippen LogP contribution in [-0.4, -0.2) is 33.9 Å². The Kier molecular flexibility index (Phi) is 3.90. The van der Waals surface area contributed by atoms with Crippen LogP contribution in [0.1, 0.15) is 35.2 Å². The van der Waals surface area contributed by atoms with Crippen molar-refractivity contribution in [1.29, 1.82) is 0 Å². The van der Waals surface area contributed by atoms with Gasteiger partial charge in [-0.25, -0.2) is 4.98 Å². The van der Waals surface area contributed by atoms with Gasteiger partial charge in [0.05, 0.1) is 10.3 Å². The van der Waals surface area contributed by atoms with Crippen molar-refractivity contribution in [3.63, 3.8) is 0 Å². The number of nitrogens with zero attached hydrogens (tertiary/aromatic N) is 3. The van der Waals surface area contributed by atoms with Gasteiger partial charge in [0.1, 0.15) is 5.75 Å². The molecule has 6 heteroatoms. The Bertz CT molecular complexity index is 900. The standard InChI is InChI=1S/C18H17N3O2S/c22-14-7-3-2-6-13(14)16(23)12-10-15-17(19-11-12)20-18(24-15)21-8-4-1-5-9-21/h2-3,6-7,10-11,22H,1,4-5,8-9H2. The molecule has 0 unspecified atom stereocenters. The molecule has 122 valence electrons. The van der Waals surface area contributed by atoms with Crippen LogP contribution in [0.5, 0.6) is 5.75 Å². The summed E-state index contributed by atoms with van der Waals surface area (Å²) < 4.78 is 0.900. The van der Waals surface area contributed by atoms with Gasteiger partial charge in [0.15, 0.2) is 16.6 Å². The van der Waals surface area contributed by atoms with E-state index in [2.05, 4.69) is 14.9 Å². The second kappa shape index (κ2) is 6.20. The minimum atomic E-state index is -0.226. The van der Waals surface area contributed by atoms with Gasteiger partial charge in [0.25, 0.3) is 0 Å². The van der Waals surface area contributed by atoms with Crippen LogP contribution >= 0.6 is 11.3 Å². The number of hydrogen-bond acceptors (Lipinski definition) is 6. The van der Waals surface area contributed by atoms with E-state index in [1.807, 2.05) is 6.07 Å². The average Bonchev–Trinajstić information content (AvgIpc) is 3.05. The minimum Gasteiger partial charge on any atom is -0.507 e. The van der Waals surface area contributed by atoms with E-state index < -0.39 is 0 Å². The van der Waals surface area contributed by atoms with Gasteiger partial charge in [-0.1, -0.05) is 23.5 Å². The zero-order valence-electron chi connectivity index (χ0n) is 13.1. The monoisotopic (exact) mass is 339 g/mol. The Morgan fingerprint density at radius 1 is 1.17 bits per heavy atom. The van der Waals surface area contributed by atoms with Crippen molar-refractivity contribution in [2.75, 3.05) is 18.0 Å². The van der Waals surface area contributed by atoms with Crippen molar-refractivity contribution in [1.82, 2.24) is 9.97 Å². The van der Waals surface area contributed by atoms with Crippen LogP contribution in [0.25, 0.3) is 10.3 Å². The molecule has 3 heterocycles. The fraction of sp³-hybridized carbons (Fsp3) is 0.278. The van der Waals surface area contributed by atoms with Crippen LogP contribution in [0, 0.1) is 0 Å². The van der Waals surface area contributed by atoms with E-state index >= 15 is 0 Å². The van der Waals surface area contributed by atoms with Crippen molar-refractivity contribution in [2.24, 2.45) is 0 Å². The molecule has 5 nitrogen and oxygen atoms in total. The van der Waals surface area contributed by atoms with Gasteiger partial charge in [0, 0.05) is 24.8 Å². The SMILES string of the molecule is O=C(c1cnc2nc(N3CCCCC3)sc2c1)c1ccccc1O. The highest BCUT2D eigenvalue weighted by Crippen LogP contribution is 2.30. The fourth-order valence-corrected chi connectivity index (χ4v) is 3.99. The number of para-hydroxylation sites is 1. The third-order valence-electron chi connectivity index (χ3n) is 4.27. The molecule has 1 aliphatic rings. The van der Waals surface area contributed by atoms with Gasteiger partial charge < -0.3 is 10.0 Å². The molecule has 1 saturated heterocycles. The highest BCUT2D eigenvalue weighted by molar-refractivity contribution is 7.22. The number of piperidine rings is 1. The van der Waals surface area contributed by atoms with E-state index in [-0.39, 0.29) is 11.5 Å². The van der Waals surface area contributed by atoms with Crippen molar-refractivity contribution in [2.45, 2.75) is 19.3 Å². The third kappa shape index (κ3) is 2.73. The lowest BCUT2D eigenvalue weighted by Gasteiger charge is -2.25. The zero-order chi connectivity index (χ0) is 16.5. The summed E-state index contributed by atoms with van der Waals surface area (Å²) in [5.74, 6) is -0.240. The summed E-state index contributed by atoms with van der Waals surface area (Å²) in [5.41, 5.74) is 1.44. The molecular weight excluding hydrogens is 322 g/mol. The largest absolute Gasteiger partial charge is 0.507 e. The lowest BCUT2D eigenvalue weighted by molar-refractivity contribution is 0.103. The number of aromatic nitrogens is 2. The molecule has 1 N–H and O–H groups in total. The average molecular weight is 339 g/mol. The minimum absolute atomic E-state index is 0.0130. The number of benzene rings is 1. The Labute approximate surface area is 143 Å². The number of phenolic OH excluding ortho intramolecular Hbond substituents is 1. The Morgan fingerprint density at radius 3 is 2.75 bits per heavy atom. The maximum absolute atomic E-state index is 12.6. The molecule has 0 bridgehead atoms. The van der Waals surface area contributed by atoms with Crippen molar-refractivity contribution < 1.29 is 9.90 Å². The normalized spacial score (nSPS) is 14.9. The predicted octanol–water partition coefficient (Wildman–Crippen LogP) is 3.62. The van der Waals surface area contributed by atoms with Crippen LogP contribution in [0.4, 0.5) is 5.13 Å². The molecule has 0 atom stereocenters. The van der Waals surface area contributed by atoms with Crippen LogP contribution in [-0.2, 0) is 0 Å². The number of pyridine rings is 1. The van der Waals surface area contributed by atoms with E-state index in [1.54, 1.807) is 29.5 Å². The summed E-state index contributed by atoms with van der Waals surface area (Å²) in [6.45, 7) is 2.06. The van der Waals surface area contributed by atoms with Crippen molar-refractivity contribution in [3.8, 4) is 5.75 Å². The molecule has 0 spiro atoms. The number of thiazole rings is 1. The lowest BCUT2D eigenvalue weighted by atomic mass is 10.0. The first-order valence-corrected chi connectivity index (χ1v) is 8.88. The number of ketones is 1. The van der Waals surface area contributed by atoms with E-state index in [1.165, 1.54) is 31.5 Å². The number of fused-ring (bicyclic) bond motifs is 1. The molecule has 1 aromatic carbocycles. The quantitative estimate of drug-likeness (QED) is 0.738. The fourth-order valence-electron chi connectivity index (χ4n) is 2.97. The molecular formula is C18H17N3O2S. The maximum Gasteiger partial charge on any atom is 0.198 e. The second-order valence-electron chi connectivity index (χ2n) is 5.94. The molecule has 0 aliphatic carbocycles. The number of carbonyl (C=O) groups excluding carboxylic acids is 1. The summed E-state index contributed by atoms with van der Waals surface area (Å²) in [5, 5.41) is 10.8. The smallest absolute Gasteiger partial charge is 0.198 e. The first-order chi connectivity index (χ1) is 11.7. The number of phenols is 1. The summed E-state index contributed by atoms with van der Waals surface area (Å²) in [4.78, 5) is 23.8. The van der Waals surface area contributed by atoms with Crippen LogP contribution in [0.2, 0.25) is 0 Å². The number of hydrogen-bond donors (Lipinski definition) is 1. The number of anilines is 1. The van der Waals surface area contributed by atoms with Gasteiger partial charge in [-0.2, -0.15) is 4.98 Å². The zero-order valence-corrected chi connectivity index (χ0v) is 13.9. The van der Waals surface area contributed by atoms with E-state index in [9.17, 15) is 9.90 Å². The van der Waals surface area contributed by atoms with Gasteiger partial charge >= 0.3 is 0 Å². The van der Waals surface area contributed by atoms with Gasteiger partial charge in [0.2, 0.25) is 0 Å². The highest BCUT2D eigenvalue weighted by atomic mass is 32.1. The van der Waals surface area contributed by atoms with Gasteiger partial charge in [-0.3, -0.25) is 4.79 Å². The van der Waals surface area contributed by atoms with Crippen LogP contribution in [0.15, 0.2) is 36.5 Å². The molecule has 0 saturated carbocycles. The summed E-state index contributed by atoms with van der Waals surface area (Å²) in [6.07, 6.45) is 5.20. The number of aromatic hydroxyl groups is 1. The second-order valence-corrected chi connectivity index (χ2v) is 6.95. The molecule has 3 aromatic rings. The number of rotatable bonds is 3. The van der Waals surface area contributed by atoms with E-state index in [0.717, 1.165) is 22.9 Å².